The average Bonchev–Trinajstić information content (AvgIpc) is 3.18. The Bertz CT molecular complexity index is 927. The number of aliphatic hydroxyl groups excluding tert-OH is 3. The molecule has 0 bridgehead atoms. The normalized spacial score (nSPS) is 27.1. The standard InChI is InChI=1S/C19H19FN2O4/c1-10-6-8-21-18-13(10)7-9-22(18)19-16(25)15(24)17(26-19)14(23)11-2-4-12(20)5-3-11/h2-9,14-17,19,23-25H,1H3/t14-,15-,16+,17+,19+/m0/s1. The summed E-state index contributed by atoms with van der Waals surface area (Å²) in [5.41, 5.74) is 2.05. The molecule has 26 heavy (non-hydrogen) atoms. The molecule has 2 aromatic heterocycles. The van der Waals surface area contributed by atoms with Crippen molar-refractivity contribution in [3.8, 4) is 0 Å². The summed E-state index contributed by atoms with van der Waals surface area (Å²) in [6.45, 7) is 1.95. The van der Waals surface area contributed by atoms with Crippen LogP contribution in [0.5, 0.6) is 0 Å². The summed E-state index contributed by atoms with van der Waals surface area (Å²) in [6.07, 6.45) is -2.30. The molecule has 0 amide bonds. The van der Waals surface area contributed by atoms with Crippen LogP contribution >= 0.6 is 0 Å². The van der Waals surface area contributed by atoms with Crippen molar-refractivity contribution in [2.24, 2.45) is 0 Å². The molecule has 1 saturated heterocycles. The van der Waals surface area contributed by atoms with E-state index in [9.17, 15) is 19.7 Å². The number of nitrogens with zero attached hydrogens (tertiary/aromatic N) is 2. The number of rotatable bonds is 3. The van der Waals surface area contributed by atoms with E-state index < -0.39 is 36.5 Å². The van der Waals surface area contributed by atoms with Gasteiger partial charge in [-0.25, -0.2) is 9.37 Å². The molecule has 3 aromatic rings. The zero-order valence-electron chi connectivity index (χ0n) is 14.0. The molecule has 1 aliphatic rings. The summed E-state index contributed by atoms with van der Waals surface area (Å²) in [5, 5.41) is 32.3. The van der Waals surface area contributed by atoms with Crippen LogP contribution in [0.2, 0.25) is 0 Å². The molecule has 3 N–H and O–H groups in total. The molecule has 1 aliphatic heterocycles. The van der Waals surface area contributed by atoms with E-state index in [1.54, 1.807) is 17.0 Å². The van der Waals surface area contributed by atoms with Gasteiger partial charge >= 0.3 is 0 Å². The Morgan fingerprint density at radius 3 is 2.58 bits per heavy atom. The number of pyridine rings is 1. The van der Waals surface area contributed by atoms with Crippen molar-refractivity contribution in [3.05, 3.63) is 65.7 Å². The number of aliphatic hydroxyl groups is 3. The van der Waals surface area contributed by atoms with Gasteiger partial charge in [-0.3, -0.25) is 0 Å². The molecule has 4 rings (SSSR count). The third kappa shape index (κ3) is 2.69. The van der Waals surface area contributed by atoms with E-state index in [4.69, 9.17) is 4.74 Å². The molecule has 1 aromatic carbocycles. The van der Waals surface area contributed by atoms with Gasteiger partial charge in [0.1, 0.15) is 35.9 Å². The van der Waals surface area contributed by atoms with Gasteiger partial charge in [-0.05, 0) is 42.3 Å². The van der Waals surface area contributed by atoms with Gasteiger partial charge in [0.25, 0.3) is 0 Å². The van der Waals surface area contributed by atoms with E-state index in [2.05, 4.69) is 4.98 Å². The van der Waals surface area contributed by atoms with Gasteiger partial charge in [-0.15, -0.1) is 0 Å². The van der Waals surface area contributed by atoms with Crippen molar-refractivity contribution in [1.29, 1.82) is 0 Å². The molecule has 0 saturated carbocycles. The lowest BCUT2D eigenvalue weighted by molar-refractivity contribution is -0.0848. The number of hydrogen-bond acceptors (Lipinski definition) is 5. The van der Waals surface area contributed by atoms with Gasteiger partial charge in [0.05, 0.1) is 0 Å². The Morgan fingerprint density at radius 1 is 1.12 bits per heavy atom. The van der Waals surface area contributed by atoms with Crippen LogP contribution in [0.3, 0.4) is 0 Å². The van der Waals surface area contributed by atoms with E-state index in [0.29, 0.717) is 11.2 Å². The summed E-state index contributed by atoms with van der Waals surface area (Å²) in [6, 6.07) is 9.04. The van der Waals surface area contributed by atoms with Gasteiger partial charge in [-0.2, -0.15) is 0 Å². The first-order valence-electron chi connectivity index (χ1n) is 8.34. The van der Waals surface area contributed by atoms with Gasteiger partial charge in [0.15, 0.2) is 6.23 Å². The van der Waals surface area contributed by atoms with Crippen molar-refractivity contribution in [2.45, 2.75) is 37.6 Å². The van der Waals surface area contributed by atoms with Crippen molar-refractivity contribution in [2.75, 3.05) is 0 Å². The van der Waals surface area contributed by atoms with Crippen LogP contribution in [0.25, 0.3) is 11.0 Å². The molecule has 3 heterocycles. The Kier molecular flexibility index (Phi) is 4.24. The number of halogens is 1. The molecule has 0 radical (unpaired) electrons. The number of aryl methyl sites for hydroxylation is 1. The first kappa shape index (κ1) is 17.1. The summed E-state index contributed by atoms with van der Waals surface area (Å²) in [7, 11) is 0. The van der Waals surface area contributed by atoms with E-state index in [1.807, 2.05) is 19.1 Å². The second-order valence-corrected chi connectivity index (χ2v) is 6.56. The SMILES string of the molecule is Cc1ccnc2c1ccn2[C@@H]1O[C@H]([C@@H](O)c2ccc(F)cc2)[C@@H](O)[C@H]1O. The Morgan fingerprint density at radius 2 is 1.85 bits per heavy atom. The highest BCUT2D eigenvalue weighted by molar-refractivity contribution is 5.79. The van der Waals surface area contributed by atoms with Gasteiger partial charge in [0.2, 0.25) is 0 Å². The van der Waals surface area contributed by atoms with Crippen LogP contribution in [-0.4, -0.2) is 43.2 Å². The molecule has 136 valence electrons. The highest BCUT2D eigenvalue weighted by atomic mass is 19.1. The molecule has 1 fully saturated rings. The summed E-state index contributed by atoms with van der Waals surface area (Å²) >= 11 is 0. The smallest absolute Gasteiger partial charge is 0.164 e. The number of fused-ring (bicyclic) bond motifs is 1. The second kappa shape index (κ2) is 6.44. The minimum Gasteiger partial charge on any atom is -0.387 e. The maximum Gasteiger partial charge on any atom is 0.164 e. The molecule has 7 heteroatoms. The minimum absolute atomic E-state index is 0.398. The van der Waals surface area contributed by atoms with Crippen molar-refractivity contribution < 1.29 is 24.4 Å². The zero-order chi connectivity index (χ0) is 18.4. The second-order valence-electron chi connectivity index (χ2n) is 6.56. The van der Waals surface area contributed by atoms with Crippen LogP contribution in [0.4, 0.5) is 4.39 Å². The fraction of sp³-hybridized carbons (Fsp3) is 0.316. The Balaban J connectivity index is 1.65. The fourth-order valence-corrected chi connectivity index (χ4v) is 3.42. The lowest BCUT2D eigenvalue weighted by Gasteiger charge is -2.21. The maximum atomic E-state index is 13.1. The molecule has 0 spiro atoms. The van der Waals surface area contributed by atoms with Crippen LogP contribution in [0.1, 0.15) is 23.5 Å². The molecule has 0 unspecified atom stereocenters. The largest absolute Gasteiger partial charge is 0.387 e. The first-order valence-corrected chi connectivity index (χ1v) is 8.34. The highest BCUT2D eigenvalue weighted by Crippen LogP contribution is 2.37. The van der Waals surface area contributed by atoms with Crippen LogP contribution < -0.4 is 0 Å². The van der Waals surface area contributed by atoms with Crippen molar-refractivity contribution in [3.63, 3.8) is 0 Å². The van der Waals surface area contributed by atoms with Crippen molar-refractivity contribution in [1.82, 2.24) is 9.55 Å². The monoisotopic (exact) mass is 358 g/mol. The minimum atomic E-state index is -1.30. The molecule has 6 nitrogen and oxygen atoms in total. The quantitative estimate of drug-likeness (QED) is 0.665. The molecular formula is C19H19FN2O4. The van der Waals surface area contributed by atoms with E-state index in [1.165, 1.54) is 24.3 Å². The van der Waals surface area contributed by atoms with Crippen LogP contribution in [0.15, 0.2) is 48.8 Å². The first-order chi connectivity index (χ1) is 12.5. The predicted octanol–water partition coefficient (Wildman–Crippen LogP) is 1.84. The van der Waals surface area contributed by atoms with Gasteiger partial charge in [-0.1, -0.05) is 12.1 Å². The van der Waals surface area contributed by atoms with E-state index >= 15 is 0 Å². The predicted molar refractivity (Wildman–Crippen MR) is 91.8 cm³/mol. The number of aromatic nitrogens is 2. The molecular weight excluding hydrogens is 339 g/mol. The van der Waals surface area contributed by atoms with Crippen LogP contribution in [-0.2, 0) is 4.74 Å². The van der Waals surface area contributed by atoms with Gasteiger partial charge in [0, 0.05) is 17.8 Å². The Hall–Kier alpha value is -2.32. The van der Waals surface area contributed by atoms with Crippen molar-refractivity contribution >= 4 is 11.0 Å². The third-order valence-corrected chi connectivity index (χ3v) is 4.91. The number of ether oxygens (including phenoxy) is 1. The highest BCUT2D eigenvalue weighted by Gasteiger charge is 2.47. The summed E-state index contributed by atoms with van der Waals surface area (Å²) < 4.78 is 20.5. The summed E-state index contributed by atoms with van der Waals surface area (Å²) in [5.74, 6) is -0.424. The lowest BCUT2D eigenvalue weighted by atomic mass is 9.99. The van der Waals surface area contributed by atoms with E-state index in [-0.39, 0.29) is 0 Å². The molecule has 0 aliphatic carbocycles. The lowest BCUT2D eigenvalue weighted by Crippen LogP contribution is -2.34. The van der Waals surface area contributed by atoms with E-state index in [0.717, 1.165) is 10.9 Å². The topological polar surface area (TPSA) is 87.7 Å². The number of benzene rings is 1. The molecule has 5 atom stereocenters. The third-order valence-electron chi connectivity index (χ3n) is 4.91. The maximum absolute atomic E-state index is 13.1. The van der Waals surface area contributed by atoms with Crippen LogP contribution in [0, 0.1) is 12.7 Å². The number of hydrogen-bond donors (Lipinski definition) is 3. The Labute approximate surface area is 149 Å². The average molecular weight is 358 g/mol. The summed E-state index contributed by atoms with van der Waals surface area (Å²) in [4.78, 5) is 4.33. The van der Waals surface area contributed by atoms with Gasteiger partial charge < -0.3 is 24.6 Å². The zero-order valence-corrected chi connectivity index (χ0v) is 14.0. The fourth-order valence-electron chi connectivity index (χ4n) is 3.42.